The third-order valence-corrected chi connectivity index (χ3v) is 7.51. The van der Waals surface area contributed by atoms with Gasteiger partial charge in [-0.25, -0.2) is 13.1 Å². The summed E-state index contributed by atoms with van der Waals surface area (Å²) in [6, 6.07) is 11.2. The van der Waals surface area contributed by atoms with Crippen LogP contribution in [0.25, 0.3) is 0 Å². The molecule has 1 saturated carbocycles. The van der Waals surface area contributed by atoms with Crippen LogP contribution in [0.15, 0.2) is 47.4 Å². The Morgan fingerprint density at radius 3 is 2.62 bits per heavy atom. The molecular formula is C23H26N2O6S. The van der Waals surface area contributed by atoms with Gasteiger partial charge in [0, 0.05) is 43.3 Å². The molecule has 170 valence electrons. The predicted molar refractivity (Wildman–Crippen MR) is 117 cm³/mol. The summed E-state index contributed by atoms with van der Waals surface area (Å²) < 4.78 is 45.4. The zero-order valence-electron chi connectivity index (χ0n) is 17.6. The smallest absolute Gasteiger partial charge is 0.255 e. The van der Waals surface area contributed by atoms with Crippen LogP contribution >= 0.6 is 0 Å². The van der Waals surface area contributed by atoms with E-state index in [0.717, 1.165) is 38.5 Å². The average Bonchev–Trinajstić information content (AvgIpc) is 3.54. The van der Waals surface area contributed by atoms with E-state index < -0.39 is 21.7 Å². The van der Waals surface area contributed by atoms with Crippen LogP contribution in [0.5, 0.6) is 11.5 Å². The fourth-order valence-electron chi connectivity index (χ4n) is 4.39. The van der Waals surface area contributed by atoms with Gasteiger partial charge in [-0.05, 0) is 56.0 Å². The van der Waals surface area contributed by atoms with E-state index in [0.29, 0.717) is 23.8 Å². The van der Waals surface area contributed by atoms with Crippen molar-refractivity contribution >= 4 is 21.6 Å². The van der Waals surface area contributed by atoms with Crippen molar-refractivity contribution in [2.45, 2.75) is 55.3 Å². The number of fused-ring (bicyclic) bond motifs is 1. The van der Waals surface area contributed by atoms with Crippen molar-refractivity contribution in [2.75, 3.05) is 18.5 Å². The summed E-state index contributed by atoms with van der Waals surface area (Å²) in [4.78, 5) is 12.8. The van der Waals surface area contributed by atoms with E-state index in [9.17, 15) is 13.2 Å². The fourth-order valence-corrected chi connectivity index (χ4v) is 5.50. The molecule has 1 spiro atoms. The number of hydrogen-bond donors (Lipinski definition) is 2. The average molecular weight is 459 g/mol. The lowest BCUT2D eigenvalue weighted by atomic mass is 10.2. The normalized spacial score (nSPS) is 21.2. The molecule has 9 heteroatoms. The quantitative estimate of drug-likeness (QED) is 0.688. The summed E-state index contributed by atoms with van der Waals surface area (Å²) in [5.41, 5.74) is 0.798. The molecular weight excluding hydrogens is 432 g/mol. The highest BCUT2D eigenvalue weighted by Crippen LogP contribution is 2.47. The summed E-state index contributed by atoms with van der Waals surface area (Å²) in [7, 11) is -3.74. The van der Waals surface area contributed by atoms with Gasteiger partial charge >= 0.3 is 0 Å². The second-order valence-electron chi connectivity index (χ2n) is 8.45. The summed E-state index contributed by atoms with van der Waals surface area (Å²) >= 11 is 0. The zero-order chi connectivity index (χ0) is 22.2. The number of nitrogens with one attached hydrogen (secondary N) is 2. The highest BCUT2D eigenvalue weighted by atomic mass is 32.2. The predicted octanol–water partition coefficient (Wildman–Crippen LogP) is 3.44. The molecule has 1 atom stereocenters. The number of anilines is 1. The van der Waals surface area contributed by atoms with Crippen LogP contribution in [-0.2, 0) is 14.8 Å². The number of benzene rings is 2. The molecule has 0 aromatic heterocycles. The van der Waals surface area contributed by atoms with Crippen LogP contribution in [0.2, 0.25) is 0 Å². The Kier molecular flexibility index (Phi) is 5.56. The third kappa shape index (κ3) is 4.32. The van der Waals surface area contributed by atoms with Crippen LogP contribution in [0, 0.1) is 0 Å². The first kappa shape index (κ1) is 21.2. The van der Waals surface area contributed by atoms with Gasteiger partial charge in [-0.2, -0.15) is 0 Å². The summed E-state index contributed by atoms with van der Waals surface area (Å²) in [6.07, 6.45) is 5.51. The standard InChI is InChI=1S/C23H26N2O6S/c26-22(25-17-8-9-20-21(14-17)31-23(30-20)10-1-2-11-23)16-5-3-7-19(13-16)32(27,28)24-15-18-6-4-12-29-18/h3,5,7-9,13-14,18,24H,1-2,4,6,10-12,15H2,(H,25,26). The number of ether oxygens (including phenoxy) is 3. The summed E-state index contributed by atoms with van der Waals surface area (Å²) in [5.74, 6) is 0.315. The molecule has 1 unspecified atom stereocenters. The molecule has 2 aromatic rings. The van der Waals surface area contributed by atoms with E-state index in [1.54, 1.807) is 30.3 Å². The molecule has 1 amide bonds. The Morgan fingerprint density at radius 1 is 1.03 bits per heavy atom. The Morgan fingerprint density at radius 2 is 1.84 bits per heavy atom. The Labute approximate surface area is 187 Å². The highest BCUT2D eigenvalue weighted by molar-refractivity contribution is 7.89. The minimum absolute atomic E-state index is 0.0389. The molecule has 0 bridgehead atoms. The molecule has 1 saturated heterocycles. The molecule has 8 nitrogen and oxygen atoms in total. The van der Waals surface area contributed by atoms with E-state index in [4.69, 9.17) is 14.2 Å². The Hall–Kier alpha value is -2.62. The molecule has 3 aliphatic rings. The van der Waals surface area contributed by atoms with Crippen molar-refractivity contribution in [3.8, 4) is 11.5 Å². The van der Waals surface area contributed by atoms with Gasteiger partial charge < -0.3 is 19.5 Å². The van der Waals surface area contributed by atoms with E-state index in [1.807, 2.05) is 0 Å². The molecule has 2 fully saturated rings. The first-order valence-corrected chi connectivity index (χ1v) is 12.5. The minimum Gasteiger partial charge on any atom is -0.448 e. The van der Waals surface area contributed by atoms with Gasteiger partial charge in [0.05, 0.1) is 11.0 Å². The van der Waals surface area contributed by atoms with Crippen molar-refractivity contribution < 1.29 is 27.4 Å². The van der Waals surface area contributed by atoms with Crippen molar-refractivity contribution in [3.63, 3.8) is 0 Å². The first-order chi connectivity index (χ1) is 15.4. The largest absolute Gasteiger partial charge is 0.448 e. The number of sulfonamides is 1. The minimum atomic E-state index is -3.74. The fraction of sp³-hybridized carbons (Fsp3) is 0.435. The van der Waals surface area contributed by atoms with E-state index in [1.165, 1.54) is 12.1 Å². The number of amides is 1. The van der Waals surface area contributed by atoms with Crippen LogP contribution in [-0.4, -0.2) is 39.4 Å². The molecule has 2 heterocycles. The lowest BCUT2D eigenvalue weighted by Crippen LogP contribution is -2.34. The lowest BCUT2D eigenvalue weighted by Gasteiger charge is -2.21. The Balaban J connectivity index is 1.26. The van der Waals surface area contributed by atoms with Gasteiger partial charge in [0.25, 0.3) is 11.7 Å². The van der Waals surface area contributed by atoms with E-state index >= 15 is 0 Å². The third-order valence-electron chi connectivity index (χ3n) is 6.09. The van der Waals surface area contributed by atoms with Crippen LogP contribution in [0.4, 0.5) is 5.69 Å². The van der Waals surface area contributed by atoms with Gasteiger partial charge in [-0.15, -0.1) is 0 Å². The summed E-state index contributed by atoms with van der Waals surface area (Å²) in [6.45, 7) is 0.875. The van der Waals surface area contributed by atoms with Crippen LogP contribution < -0.4 is 19.5 Å². The van der Waals surface area contributed by atoms with Crippen molar-refractivity contribution in [2.24, 2.45) is 0 Å². The van der Waals surface area contributed by atoms with Crippen LogP contribution in [0.1, 0.15) is 48.9 Å². The Bertz CT molecular complexity index is 1120. The molecule has 1 aliphatic carbocycles. The molecule has 2 aromatic carbocycles. The topological polar surface area (TPSA) is 103 Å². The van der Waals surface area contributed by atoms with Crippen molar-refractivity contribution in [1.29, 1.82) is 0 Å². The van der Waals surface area contributed by atoms with Crippen molar-refractivity contribution in [3.05, 3.63) is 48.0 Å². The molecule has 0 radical (unpaired) electrons. The molecule has 2 aliphatic heterocycles. The van der Waals surface area contributed by atoms with Crippen LogP contribution in [0.3, 0.4) is 0 Å². The first-order valence-electron chi connectivity index (χ1n) is 11.0. The second-order valence-corrected chi connectivity index (χ2v) is 10.2. The summed E-state index contributed by atoms with van der Waals surface area (Å²) in [5, 5.41) is 2.81. The maximum absolute atomic E-state index is 12.8. The monoisotopic (exact) mass is 458 g/mol. The maximum Gasteiger partial charge on any atom is 0.255 e. The number of rotatable bonds is 6. The second kappa shape index (κ2) is 8.38. The lowest BCUT2D eigenvalue weighted by molar-refractivity contribution is -0.0716. The van der Waals surface area contributed by atoms with E-state index in [-0.39, 0.29) is 23.1 Å². The molecule has 2 N–H and O–H groups in total. The van der Waals surface area contributed by atoms with E-state index in [2.05, 4.69) is 10.0 Å². The van der Waals surface area contributed by atoms with Gasteiger partial charge in [-0.1, -0.05) is 6.07 Å². The zero-order valence-corrected chi connectivity index (χ0v) is 18.4. The molecule has 32 heavy (non-hydrogen) atoms. The van der Waals surface area contributed by atoms with Crippen molar-refractivity contribution in [1.82, 2.24) is 4.72 Å². The van der Waals surface area contributed by atoms with Gasteiger partial charge in [-0.3, -0.25) is 4.79 Å². The highest BCUT2D eigenvalue weighted by Gasteiger charge is 2.44. The van der Waals surface area contributed by atoms with Gasteiger partial charge in [0.2, 0.25) is 10.0 Å². The number of carbonyl (C=O) groups is 1. The SMILES string of the molecule is O=C(Nc1ccc2c(c1)OC1(CCCC1)O2)c1cccc(S(=O)(=O)NCC2CCCO2)c1. The molecule has 5 rings (SSSR count). The maximum atomic E-state index is 12.8. The number of hydrogen-bond acceptors (Lipinski definition) is 6. The van der Waals surface area contributed by atoms with Gasteiger partial charge in [0.15, 0.2) is 11.5 Å². The number of carbonyl (C=O) groups excluding carboxylic acids is 1. The van der Waals surface area contributed by atoms with Gasteiger partial charge in [0.1, 0.15) is 0 Å².